The van der Waals surface area contributed by atoms with Crippen molar-refractivity contribution in [2.75, 3.05) is 35.8 Å². The Hall–Kier alpha value is -2.63. The predicted molar refractivity (Wildman–Crippen MR) is 121 cm³/mol. The Morgan fingerprint density at radius 1 is 1.20 bits per heavy atom. The number of ether oxygens (including phenoxy) is 1. The lowest BCUT2D eigenvalue weighted by atomic mass is 10.2. The van der Waals surface area contributed by atoms with Gasteiger partial charge in [0, 0.05) is 10.5 Å². The zero-order valence-corrected chi connectivity index (χ0v) is 19.0. The zero-order chi connectivity index (χ0) is 21.7. The fourth-order valence-corrected chi connectivity index (χ4v) is 4.65. The zero-order valence-electron chi connectivity index (χ0n) is 16.5. The molecule has 0 spiro atoms. The summed E-state index contributed by atoms with van der Waals surface area (Å²) in [6.07, 6.45) is 2.96. The van der Waals surface area contributed by atoms with Crippen molar-refractivity contribution < 1.29 is 17.9 Å². The van der Waals surface area contributed by atoms with Crippen molar-refractivity contribution in [3.8, 4) is 16.3 Å². The Balaban J connectivity index is 1.73. The molecule has 3 aromatic rings. The molecule has 158 valence electrons. The maximum atomic E-state index is 12.5. The van der Waals surface area contributed by atoms with Crippen LogP contribution in [0.25, 0.3) is 10.6 Å². The molecule has 11 heteroatoms. The van der Waals surface area contributed by atoms with Gasteiger partial charge in [-0.05, 0) is 48.7 Å². The first-order chi connectivity index (χ1) is 14.3. The fraction of sp³-hybridized carbons (Fsp3) is 0.211. The summed E-state index contributed by atoms with van der Waals surface area (Å²) >= 11 is 2.69. The summed E-state index contributed by atoms with van der Waals surface area (Å²) in [6, 6.07) is 14.3. The quantitative estimate of drug-likeness (QED) is 0.510. The molecule has 0 aliphatic carbocycles. The summed E-state index contributed by atoms with van der Waals surface area (Å²) in [5.41, 5.74) is 1.26. The van der Waals surface area contributed by atoms with Crippen molar-refractivity contribution in [3.05, 3.63) is 48.5 Å². The number of thioether (sulfide) groups is 1. The van der Waals surface area contributed by atoms with Crippen LogP contribution < -0.4 is 14.4 Å². The van der Waals surface area contributed by atoms with E-state index in [0.29, 0.717) is 10.7 Å². The van der Waals surface area contributed by atoms with Crippen LogP contribution in [0.2, 0.25) is 0 Å². The number of amides is 1. The van der Waals surface area contributed by atoms with Crippen LogP contribution in [0.5, 0.6) is 5.75 Å². The van der Waals surface area contributed by atoms with E-state index in [9.17, 15) is 13.2 Å². The van der Waals surface area contributed by atoms with Gasteiger partial charge in [-0.3, -0.25) is 14.4 Å². The van der Waals surface area contributed by atoms with Crippen molar-refractivity contribution in [2.45, 2.75) is 4.90 Å². The number of methoxy groups -OCH3 is 1. The van der Waals surface area contributed by atoms with E-state index in [4.69, 9.17) is 4.74 Å². The van der Waals surface area contributed by atoms with Crippen molar-refractivity contribution in [1.29, 1.82) is 0 Å². The second-order valence-electron chi connectivity index (χ2n) is 6.16. The van der Waals surface area contributed by atoms with Gasteiger partial charge in [0.25, 0.3) is 0 Å². The highest BCUT2D eigenvalue weighted by molar-refractivity contribution is 7.98. The van der Waals surface area contributed by atoms with Crippen LogP contribution in [0, 0.1) is 0 Å². The molecule has 0 aliphatic rings. The molecule has 0 aliphatic heterocycles. The second-order valence-corrected chi connectivity index (χ2v) is 9.92. The summed E-state index contributed by atoms with van der Waals surface area (Å²) in [5.74, 6) is 0.218. The molecule has 1 N–H and O–H groups in total. The van der Waals surface area contributed by atoms with E-state index in [-0.39, 0.29) is 11.7 Å². The topological polar surface area (TPSA) is 101 Å². The summed E-state index contributed by atoms with van der Waals surface area (Å²) in [4.78, 5) is 13.4. The molecule has 1 amide bonds. The highest BCUT2D eigenvalue weighted by Gasteiger charge is 2.22. The van der Waals surface area contributed by atoms with Crippen LogP contribution in [0.15, 0.2) is 53.4 Å². The number of carbonyl (C=O) groups is 1. The third kappa shape index (κ3) is 5.49. The number of benzene rings is 2. The van der Waals surface area contributed by atoms with Crippen LogP contribution in [-0.4, -0.2) is 50.7 Å². The number of hydrogen-bond donors (Lipinski definition) is 1. The molecule has 0 radical (unpaired) electrons. The molecule has 0 fully saturated rings. The first kappa shape index (κ1) is 22.1. The monoisotopic (exact) mass is 464 g/mol. The van der Waals surface area contributed by atoms with E-state index < -0.39 is 15.9 Å². The number of carbonyl (C=O) groups excluding carboxylic acids is 1. The number of aromatic nitrogens is 2. The third-order valence-electron chi connectivity index (χ3n) is 4.04. The summed E-state index contributed by atoms with van der Waals surface area (Å²) in [7, 11) is -2.07. The number of nitrogens with one attached hydrogen (secondary N) is 1. The highest BCUT2D eigenvalue weighted by atomic mass is 32.2. The summed E-state index contributed by atoms with van der Waals surface area (Å²) < 4.78 is 30.7. The fourth-order valence-electron chi connectivity index (χ4n) is 2.58. The smallest absolute Gasteiger partial charge is 0.246 e. The first-order valence-corrected chi connectivity index (χ1v) is 12.6. The maximum absolute atomic E-state index is 12.5. The minimum Gasteiger partial charge on any atom is -0.497 e. The second kappa shape index (κ2) is 9.45. The molecule has 1 aromatic heterocycles. The Morgan fingerprint density at radius 3 is 2.57 bits per heavy atom. The first-order valence-electron chi connectivity index (χ1n) is 8.69. The van der Waals surface area contributed by atoms with E-state index >= 15 is 0 Å². The van der Waals surface area contributed by atoms with E-state index in [1.165, 1.54) is 23.1 Å². The van der Waals surface area contributed by atoms with Crippen molar-refractivity contribution in [1.82, 2.24) is 10.2 Å². The van der Waals surface area contributed by atoms with Gasteiger partial charge in [-0.25, -0.2) is 8.42 Å². The Kier molecular flexibility index (Phi) is 6.95. The molecule has 0 atom stereocenters. The van der Waals surface area contributed by atoms with Crippen LogP contribution >= 0.6 is 23.1 Å². The standard InChI is InChI=1S/C19H20N4O4S3/c1-27-15-9-7-13(8-10-15)18-21-22-19(29-18)20-17(24)12-23(30(3,25)26)14-5-4-6-16(11-14)28-2/h4-11H,12H2,1-3H3,(H,20,22,24). The van der Waals surface area contributed by atoms with Gasteiger partial charge in [0.05, 0.1) is 19.1 Å². The SMILES string of the molecule is COc1ccc(-c2nnc(NC(=O)CN(c3cccc(SC)c3)S(C)(=O)=O)s2)cc1. The van der Waals surface area contributed by atoms with Gasteiger partial charge in [-0.2, -0.15) is 0 Å². The predicted octanol–water partition coefficient (Wildman–Crippen LogP) is 3.34. The highest BCUT2D eigenvalue weighted by Crippen LogP contribution is 2.28. The largest absolute Gasteiger partial charge is 0.497 e. The van der Waals surface area contributed by atoms with Crippen molar-refractivity contribution in [2.24, 2.45) is 0 Å². The van der Waals surface area contributed by atoms with Gasteiger partial charge >= 0.3 is 0 Å². The average molecular weight is 465 g/mol. The molecule has 30 heavy (non-hydrogen) atoms. The molecular formula is C19H20N4O4S3. The number of sulfonamides is 1. The molecule has 3 rings (SSSR count). The Morgan fingerprint density at radius 2 is 1.93 bits per heavy atom. The number of rotatable bonds is 8. The van der Waals surface area contributed by atoms with E-state index in [0.717, 1.165) is 26.8 Å². The van der Waals surface area contributed by atoms with Crippen LogP contribution in [0.4, 0.5) is 10.8 Å². The molecule has 0 unspecified atom stereocenters. The lowest BCUT2D eigenvalue weighted by Gasteiger charge is -2.22. The third-order valence-corrected chi connectivity index (χ3v) is 6.79. The molecule has 0 bridgehead atoms. The van der Waals surface area contributed by atoms with Crippen molar-refractivity contribution >= 4 is 49.8 Å². The number of anilines is 2. The van der Waals surface area contributed by atoms with E-state index in [1.807, 2.05) is 36.6 Å². The minimum absolute atomic E-state index is 0.289. The lowest BCUT2D eigenvalue weighted by molar-refractivity contribution is -0.114. The van der Waals surface area contributed by atoms with E-state index in [1.54, 1.807) is 25.3 Å². The summed E-state index contributed by atoms with van der Waals surface area (Å²) in [5, 5.41) is 11.6. The molecular weight excluding hydrogens is 444 g/mol. The molecule has 0 saturated carbocycles. The van der Waals surface area contributed by atoms with Crippen LogP contribution in [-0.2, 0) is 14.8 Å². The van der Waals surface area contributed by atoms with E-state index in [2.05, 4.69) is 15.5 Å². The normalized spacial score (nSPS) is 11.2. The lowest BCUT2D eigenvalue weighted by Crippen LogP contribution is -2.37. The van der Waals surface area contributed by atoms with Crippen LogP contribution in [0.3, 0.4) is 0 Å². The minimum atomic E-state index is -3.66. The van der Waals surface area contributed by atoms with Gasteiger partial charge < -0.3 is 4.74 Å². The van der Waals surface area contributed by atoms with Gasteiger partial charge in [0.15, 0.2) is 0 Å². The Labute approximate surface area is 183 Å². The van der Waals surface area contributed by atoms with Gasteiger partial charge in [0.2, 0.25) is 21.1 Å². The van der Waals surface area contributed by atoms with Crippen LogP contribution in [0.1, 0.15) is 0 Å². The number of nitrogens with zero attached hydrogens (tertiary/aromatic N) is 3. The Bertz CT molecular complexity index is 1130. The molecule has 2 aromatic carbocycles. The molecule has 8 nitrogen and oxygen atoms in total. The molecule has 0 saturated heterocycles. The van der Waals surface area contributed by atoms with Gasteiger partial charge in [0.1, 0.15) is 17.3 Å². The van der Waals surface area contributed by atoms with Gasteiger partial charge in [-0.1, -0.05) is 17.4 Å². The maximum Gasteiger partial charge on any atom is 0.246 e. The van der Waals surface area contributed by atoms with Gasteiger partial charge in [-0.15, -0.1) is 22.0 Å². The van der Waals surface area contributed by atoms with Crippen molar-refractivity contribution in [3.63, 3.8) is 0 Å². The molecule has 1 heterocycles. The summed E-state index contributed by atoms with van der Waals surface area (Å²) in [6.45, 7) is -0.367. The average Bonchev–Trinajstić information content (AvgIpc) is 3.19. The number of hydrogen-bond acceptors (Lipinski definition) is 8.